The highest BCUT2D eigenvalue weighted by molar-refractivity contribution is 7.89. The van der Waals surface area contributed by atoms with Crippen molar-refractivity contribution < 1.29 is 18.1 Å². The third-order valence-corrected chi connectivity index (χ3v) is 7.32. The maximum atomic E-state index is 12.8. The summed E-state index contributed by atoms with van der Waals surface area (Å²) in [6.07, 6.45) is 0. The standard InChI is InChI=1S/C17H19N3O5S2/c1-12-10-16(13(2)26-12)17(21)18-6-8-19(9-7-18)27(24,25)15-5-3-4-14(11-15)20(22)23/h3-5,10-11H,6-9H2,1-2H3. The lowest BCUT2D eigenvalue weighted by Crippen LogP contribution is -2.50. The predicted octanol–water partition coefficient (Wildman–Crippen LogP) is 2.42. The second-order valence-electron chi connectivity index (χ2n) is 6.28. The Balaban J connectivity index is 1.73. The molecule has 2 aromatic rings. The first kappa shape index (κ1) is 19.5. The highest BCUT2D eigenvalue weighted by Crippen LogP contribution is 2.25. The summed E-state index contributed by atoms with van der Waals surface area (Å²) >= 11 is 1.56. The van der Waals surface area contributed by atoms with E-state index < -0.39 is 14.9 Å². The van der Waals surface area contributed by atoms with Gasteiger partial charge in [0.1, 0.15) is 0 Å². The molecular formula is C17H19N3O5S2. The van der Waals surface area contributed by atoms with Crippen LogP contribution in [0.2, 0.25) is 0 Å². The van der Waals surface area contributed by atoms with Gasteiger partial charge in [0.2, 0.25) is 10.0 Å². The smallest absolute Gasteiger partial charge is 0.270 e. The molecule has 1 saturated heterocycles. The molecule has 0 saturated carbocycles. The SMILES string of the molecule is Cc1cc(C(=O)N2CCN(S(=O)(=O)c3cccc([N+](=O)[O-])c3)CC2)c(C)s1. The summed E-state index contributed by atoms with van der Waals surface area (Å²) < 4.78 is 26.8. The van der Waals surface area contributed by atoms with Gasteiger partial charge in [-0.1, -0.05) is 6.07 Å². The fourth-order valence-electron chi connectivity index (χ4n) is 3.05. The summed E-state index contributed by atoms with van der Waals surface area (Å²) in [5, 5.41) is 10.9. The number of nitrogens with zero attached hydrogens (tertiary/aromatic N) is 3. The largest absolute Gasteiger partial charge is 0.336 e. The fraction of sp³-hybridized carbons (Fsp3) is 0.353. The lowest BCUT2D eigenvalue weighted by Gasteiger charge is -2.34. The Morgan fingerprint density at radius 2 is 1.81 bits per heavy atom. The third-order valence-electron chi connectivity index (χ3n) is 4.46. The van der Waals surface area contributed by atoms with Crippen LogP contribution in [0, 0.1) is 24.0 Å². The molecule has 0 spiro atoms. The molecule has 27 heavy (non-hydrogen) atoms. The first-order valence-corrected chi connectivity index (χ1v) is 10.6. The maximum absolute atomic E-state index is 12.8. The zero-order chi connectivity index (χ0) is 19.8. The molecule has 0 unspecified atom stereocenters. The number of carbonyl (C=O) groups excluding carboxylic acids is 1. The molecule has 0 bridgehead atoms. The molecule has 144 valence electrons. The van der Waals surface area contributed by atoms with Crippen LogP contribution in [-0.4, -0.2) is 54.6 Å². The summed E-state index contributed by atoms with van der Waals surface area (Å²) in [6, 6.07) is 6.86. The number of non-ortho nitro benzene ring substituents is 1. The first-order chi connectivity index (χ1) is 12.7. The normalized spacial score (nSPS) is 15.7. The van der Waals surface area contributed by atoms with Crippen LogP contribution in [0.5, 0.6) is 0 Å². The van der Waals surface area contributed by atoms with Crippen LogP contribution >= 0.6 is 11.3 Å². The molecule has 8 nitrogen and oxygen atoms in total. The number of nitro groups is 1. The van der Waals surface area contributed by atoms with Gasteiger partial charge in [-0.15, -0.1) is 11.3 Å². The Labute approximate surface area is 161 Å². The van der Waals surface area contributed by atoms with Gasteiger partial charge in [-0.25, -0.2) is 8.42 Å². The topological polar surface area (TPSA) is 101 Å². The van der Waals surface area contributed by atoms with Gasteiger partial charge in [0.15, 0.2) is 0 Å². The van der Waals surface area contributed by atoms with Gasteiger partial charge in [-0.3, -0.25) is 14.9 Å². The zero-order valence-corrected chi connectivity index (χ0v) is 16.5. The van der Waals surface area contributed by atoms with E-state index in [1.807, 2.05) is 19.9 Å². The lowest BCUT2D eigenvalue weighted by atomic mass is 10.2. The van der Waals surface area contributed by atoms with Crippen molar-refractivity contribution in [1.29, 1.82) is 0 Å². The molecule has 0 radical (unpaired) electrons. The van der Waals surface area contributed by atoms with E-state index in [1.54, 1.807) is 16.2 Å². The quantitative estimate of drug-likeness (QED) is 0.570. The van der Waals surface area contributed by atoms with Crippen molar-refractivity contribution in [2.45, 2.75) is 18.7 Å². The van der Waals surface area contributed by atoms with Crippen LogP contribution in [0.25, 0.3) is 0 Å². The summed E-state index contributed by atoms with van der Waals surface area (Å²) in [5.41, 5.74) is 0.390. The Kier molecular flexibility index (Phi) is 5.31. The minimum absolute atomic E-state index is 0.0933. The second kappa shape index (κ2) is 7.37. The van der Waals surface area contributed by atoms with Gasteiger partial charge < -0.3 is 4.90 Å². The number of rotatable bonds is 4. The van der Waals surface area contributed by atoms with Crippen molar-refractivity contribution in [2.75, 3.05) is 26.2 Å². The Morgan fingerprint density at radius 1 is 1.15 bits per heavy atom. The zero-order valence-electron chi connectivity index (χ0n) is 14.9. The summed E-state index contributed by atoms with van der Waals surface area (Å²) in [6.45, 7) is 4.70. The van der Waals surface area contributed by atoms with Gasteiger partial charge in [-0.05, 0) is 26.0 Å². The molecule has 1 aromatic carbocycles. The van der Waals surface area contributed by atoms with Crippen molar-refractivity contribution in [2.24, 2.45) is 0 Å². The molecule has 2 heterocycles. The van der Waals surface area contributed by atoms with E-state index in [4.69, 9.17) is 0 Å². The van der Waals surface area contributed by atoms with Crippen molar-refractivity contribution >= 4 is 33.0 Å². The van der Waals surface area contributed by atoms with E-state index in [1.165, 1.54) is 22.5 Å². The molecule has 3 rings (SSSR count). The van der Waals surface area contributed by atoms with Gasteiger partial charge in [-0.2, -0.15) is 4.31 Å². The number of benzene rings is 1. The summed E-state index contributed by atoms with van der Waals surface area (Å²) in [4.78, 5) is 26.5. The minimum atomic E-state index is -3.84. The van der Waals surface area contributed by atoms with Crippen molar-refractivity contribution in [1.82, 2.24) is 9.21 Å². The van der Waals surface area contributed by atoms with E-state index in [0.29, 0.717) is 5.56 Å². The van der Waals surface area contributed by atoms with E-state index in [0.717, 1.165) is 15.8 Å². The van der Waals surface area contributed by atoms with Crippen molar-refractivity contribution in [3.8, 4) is 0 Å². The number of hydrogen-bond donors (Lipinski definition) is 0. The Morgan fingerprint density at radius 3 is 2.37 bits per heavy atom. The molecule has 0 N–H and O–H groups in total. The van der Waals surface area contributed by atoms with Crippen LogP contribution in [0.15, 0.2) is 35.2 Å². The number of aryl methyl sites for hydroxylation is 2. The number of sulfonamides is 1. The van der Waals surface area contributed by atoms with Gasteiger partial charge in [0.25, 0.3) is 11.6 Å². The molecule has 1 amide bonds. The number of amides is 1. The molecule has 0 aliphatic carbocycles. The maximum Gasteiger partial charge on any atom is 0.270 e. The number of nitro benzene ring substituents is 1. The number of thiophene rings is 1. The van der Waals surface area contributed by atoms with Crippen LogP contribution in [-0.2, 0) is 10.0 Å². The minimum Gasteiger partial charge on any atom is -0.336 e. The van der Waals surface area contributed by atoms with E-state index in [9.17, 15) is 23.3 Å². The van der Waals surface area contributed by atoms with Crippen LogP contribution in [0.3, 0.4) is 0 Å². The monoisotopic (exact) mass is 409 g/mol. The Bertz CT molecular complexity index is 992. The molecule has 1 aliphatic rings. The summed E-state index contributed by atoms with van der Waals surface area (Å²) in [7, 11) is -3.84. The van der Waals surface area contributed by atoms with Gasteiger partial charge in [0, 0.05) is 48.1 Å². The fourth-order valence-corrected chi connectivity index (χ4v) is 5.43. The number of hydrogen-bond acceptors (Lipinski definition) is 6. The van der Waals surface area contributed by atoms with Crippen molar-refractivity contribution in [3.63, 3.8) is 0 Å². The summed E-state index contributed by atoms with van der Waals surface area (Å²) in [5.74, 6) is -0.0933. The van der Waals surface area contributed by atoms with Crippen LogP contribution in [0.4, 0.5) is 5.69 Å². The van der Waals surface area contributed by atoms with Gasteiger partial charge >= 0.3 is 0 Å². The van der Waals surface area contributed by atoms with Crippen LogP contribution < -0.4 is 0 Å². The number of piperazine rings is 1. The lowest BCUT2D eigenvalue weighted by molar-refractivity contribution is -0.385. The number of carbonyl (C=O) groups is 1. The average molecular weight is 409 g/mol. The second-order valence-corrected chi connectivity index (χ2v) is 9.68. The van der Waals surface area contributed by atoms with Crippen molar-refractivity contribution in [3.05, 3.63) is 55.8 Å². The Hall–Kier alpha value is -2.30. The van der Waals surface area contributed by atoms with E-state index in [2.05, 4.69) is 0 Å². The van der Waals surface area contributed by atoms with Gasteiger partial charge in [0.05, 0.1) is 15.4 Å². The average Bonchev–Trinajstić information content (AvgIpc) is 2.99. The predicted molar refractivity (Wildman–Crippen MR) is 102 cm³/mol. The molecule has 1 fully saturated rings. The molecule has 0 atom stereocenters. The third kappa shape index (κ3) is 3.87. The molecule has 10 heteroatoms. The molecule has 1 aromatic heterocycles. The molecule has 1 aliphatic heterocycles. The van der Waals surface area contributed by atoms with E-state index >= 15 is 0 Å². The highest BCUT2D eigenvalue weighted by atomic mass is 32.2. The molecular weight excluding hydrogens is 390 g/mol. The highest BCUT2D eigenvalue weighted by Gasteiger charge is 2.31. The van der Waals surface area contributed by atoms with E-state index in [-0.39, 0.29) is 42.7 Å². The van der Waals surface area contributed by atoms with Crippen LogP contribution in [0.1, 0.15) is 20.1 Å². The first-order valence-electron chi connectivity index (χ1n) is 8.31.